The molecule has 0 N–H and O–H groups in total. The first-order valence-corrected chi connectivity index (χ1v) is 7.48. The summed E-state index contributed by atoms with van der Waals surface area (Å²) >= 11 is 0. The second kappa shape index (κ2) is 6.27. The van der Waals surface area contributed by atoms with E-state index in [-0.39, 0.29) is 5.97 Å². The molecule has 0 bridgehead atoms. The topological polar surface area (TPSA) is 66.2 Å². The number of carbonyl (C=O) groups is 1. The maximum atomic E-state index is 11.9. The van der Waals surface area contributed by atoms with E-state index in [1.807, 2.05) is 12.1 Å². The van der Waals surface area contributed by atoms with Gasteiger partial charge in [-0.25, -0.2) is 14.5 Å². The molecule has 6 heteroatoms. The zero-order valence-corrected chi connectivity index (χ0v) is 12.8. The molecular formula is C16H19N3O3. The molecule has 0 unspecified atom stereocenters. The number of aromatic nitrogens is 3. The number of nitrogens with zero attached hydrogens (tertiary/aromatic N) is 3. The van der Waals surface area contributed by atoms with Crippen LogP contribution in [0.4, 0.5) is 0 Å². The molecule has 1 aliphatic carbocycles. The first-order valence-electron chi connectivity index (χ1n) is 7.48. The number of rotatable bonds is 6. The fourth-order valence-corrected chi connectivity index (χ4v) is 2.17. The third-order valence-electron chi connectivity index (χ3n) is 3.48. The van der Waals surface area contributed by atoms with Crippen molar-refractivity contribution >= 4 is 5.97 Å². The molecule has 2 heterocycles. The summed E-state index contributed by atoms with van der Waals surface area (Å²) in [6.45, 7) is 4.41. The van der Waals surface area contributed by atoms with Crippen molar-refractivity contribution in [3.63, 3.8) is 0 Å². The Morgan fingerprint density at radius 3 is 3.00 bits per heavy atom. The molecule has 6 nitrogen and oxygen atoms in total. The van der Waals surface area contributed by atoms with Gasteiger partial charge in [-0.05, 0) is 32.8 Å². The molecule has 0 radical (unpaired) electrons. The summed E-state index contributed by atoms with van der Waals surface area (Å²) in [6, 6.07) is 3.84. The van der Waals surface area contributed by atoms with E-state index in [1.54, 1.807) is 30.9 Å². The average Bonchev–Trinajstić information content (AvgIpc) is 3.27. The molecule has 3 rings (SSSR count). The Morgan fingerprint density at radius 1 is 1.45 bits per heavy atom. The lowest BCUT2D eigenvalue weighted by atomic mass is 10.2. The minimum Gasteiger partial charge on any atom is -0.462 e. The van der Waals surface area contributed by atoms with Crippen molar-refractivity contribution in [2.45, 2.75) is 39.4 Å². The zero-order valence-electron chi connectivity index (χ0n) is 12.8. The first kappa shape index (κ1) is 14.7. The maximum absolute atomic E-state index is 11.9. The largest absolute Gasteiger partial charge is 0.462 e. The summed E-state index contributed by atoms with van der Waals surface area (Å²) in [4.78, 5) is 16.3. The Morgan fingerprint density at radius 2 is 2.27 bits per heavy atom. The first-order chi connectivity index (χ1) is 10.7. The van der Waals surface area contributed by atoms with Crippen molar-refractivity contribution in [3.8, 4) is 5.82 Å². The monoisotopic (exact) mass is 301 g/mol. The highest BCUT2D eigenvalue weighted by molar-refractivity contribution is 5.90. The summed E-state index contributed by atoms with van der Waals surface area (Å²) in [5.41, 5.74) is 2.03. The fraction of sp³-hybridized carbons (Fsp3) is 0.438. The van der Waals surface area contributed by atoms with Gasteiger partial charge in [-0.3, -0.25) is 0 Å². The van der Waals surface area contributed by atoms with Crippen LogP contribution in [0.3, 0.4) is 0 Å². The van der Waals surface area contributed by atoms with Gasteiger partial charge in [0.25, 0.3) is 0 Å². The summed E-state index contributed by atoms with van der Waals surface area (Å²) in [5, 5.41) is 4.39. The summed E-state index contributed by atoms with van der Waals surface area (Å²) in [6.07, 6.45) is 6.00. The van der Waals surface area contributed by atoms with E-state index in [0.717, 1.165) is 18.4 Å². The summed E-state index contributed by atoms with van der Waals surface area (Å²) in [5.74, 6) is 0.319. The molecule has 0 saturated heterocycles. The van der Waals surface area contributed by atoms with Crippen molar-refractivity contribution in [1.29, 1.82) is 0 Å². The Labute approximate surface area is 129 Å². The molecule has 1 aliphatic rings. The van der Waals surface area contributed by atoms with E-state index in [1.165, 1.54) is 0 Å². The van der Waals surface area contributed by atoms with Crippen LogP contribution in [-0.2, 0) is 16.1 Å². The normalized spacial score (nSPS) is 14.1. The molecule has 0 aromatic carbocycles. The van der Waals surface area contributed by atoms with E-state index >= 15 is 0 Å². The molecule has 2 aromatic rings. The van der Waals surface area contributed by atoms with Crippen LogP contribution in [0.2, 0.25) is 0 Å². The van der Waals surface area contributed by atoms with Gasteiger partial charge in [0.05, 0.1) is 25.0 Å². The van der Waals surface area contributed by atoms with Crippen LogP contribution >= 0.6 is 0 Å². The van der Waals surface area contributed by atoms with E-state index in [9.17, 15) is 4.79 Å². The van der Waals surface area contributed by atoms with E-state index in [0.29, 0.717) is 36.4 Å². The Hall–Kier alpha value is -2.21. The van der Waals surface area contributed by atoms with Crippen LogP contribution in [0.5, 0.6) is 0 Å². The molecule has 1 fully saturated rings. The fourth-order valence-electron chi connectivity index (χ4n) is 2.17. The Bertz CT molecular complexity index is 677. The molecule has 0 spiro atoms. The molecule has 22 heavy (non-hydrogen) atoms. The smallest absolute Gasteiger partial charge is 0.341 e. The quantitative estimate of drug-likeness (QED) is 0.767. The standard InChI is InChI=1S/C16H19N3O3/c1-3-21-16(20)14-9-19(18-11(14)2)15-12(5-4-8-17-15)10-22-13-6-7-13/h4-5,8-9,13H,3,6-7,10H2,1-2H3. The lowest BCUT2D eigenvalue weighted by molar-refractivity contribution is 0.0525. The van der Waals surface area contributed by atoms with Crippen molar-refractivity contribution in [2.75, 3.05) is 6.61 Å². The third-order valence-corrected chi connectivity index (χ3v) is 3.48. The van der Waals surface area contributed by atoms with Crippen molar-refractivity contribution < 1.29 is 14.3 Å². The van der Waals surface area contributed by atoms with Gasteiger partial charge in [0, 0.05) is 18.0 Å². The maximum Gasteiger partial charge on any atom is 0.341 e. The minimum atomic E-state index is -0.363. The average molecular weight is 301 g/mol. The SMILES string of the molecule is CCOC(=O)c1cn(-c2ncccc2COC2CC2)nc1C. The van der Waals surface area contributed by atoms with Crippen molar-refractivity contribution in [2.24, 2.45) is 0 Å². The number of aryl methyl sites for hydroxylation is 1. The van der Waals surface area contributed by atoms with Crippen LogP contribution in [0.1, 0.15) is 41.4 Å². The van der Waals surface area contributed by atoms with Gasteiger partial charge >= 0.3 is 5.97 Å². The molecule has 116 valence electrons. The van der Waals surface area contributed by atoms with Crippen LogP contribution in [-0.4, -0.2) is 33.4 Å². The molecular weight excluding hydrogens is 282 g/mol. The van der Waals surface area contributed by atoms with Crippen LogP contribution in [0.15, 0.2) is 24.5 Å². The second-order valence-electron chi connectivity index (χ2n) is 5.29. The predicted molar refractivity (Wildman–Crippen MR) is 79.9 cm³/mol. The molecule has 0 aliphatic heterocycles. The zero-order chi connectivity index (χ0) is 15.5. The number of pyridine rings is 1. The lowest BCUT2D eigenvalue weighted by Gasteiger charge is -2.08. The number of hydrogen-bond acceptors (Lipinski definition) is 5. The minimum absolute atomic E-state index is 0.341. The molecule has 1 saturated carbocycles. The molecule has 2 aromatic heterocycles. The number of esters is 1. The van der Waals surface area contributed by atoms with Gasteiger partial charge in [-0.1, -0.05) is 6.07 Å². The summed E-state index contributed by atoms with van der Waals surface area (Å²) in [7, 11) is 0. The Balaban J connectivity index is 1.87. The van der Waals surface area contributed by atoms with Gasteiger partial charge in [0.1, 0.15) is 5.56 Å². The van der Waals surface area contributed by atoms with Crippen molar-refractivity contribution in [3.05, 3.63) is 41.3 Å². The summed E-state index contributed by atoms with van der Waals surface area (Å²) < 4.78 is 12.4. The lowest BCUT2D eigenvalue weighted by Crippen LogP contribution is -2.06. The van der Waals surface area contributed by atoms with Crippen LogP contribution in [0, 0.1) is 6.92 Å². The number of ether oxygens (including phenoxy) is 2. The van der Waals surface area contributed by atoms with Gasteiger partial charge in [0.2, 0.25) is 0 Å². The van der Waals surface area contributed by atoms with E-state index in [2.05, 4.69) is 10.1 Å². The second-order valence-corrected chi connectivity index (χ2v) is 5.29. The molecule has 0 amide bonds. The highest BCUT2D eigenvalue weighted by Crippen LogP contribution is 2.25. The van der Waals surface area contributed by atoms with Crippen LogP contribution < -0.4 is 0 Å². The Kier molecular flexibility index (Phi) is 4.20. The van der Waals surface area contributed by atoms with Gasteiger partial charge in [-0.2, -0.15) is 5.10 Å². The highest BCUT2D eigenvalue weighted by atomic mass is 16.5. The predicted octanol–water partition coefficient (Wildman–Crippen LogP) is 2.43. The van der Waals surface area contributed by atoms with Gasteiger partial charge < -0.3 is 9.47 Å². The highest BCUT2D eigenvalue weighted by Gasteiger charge is 2.23. The molecule has 0 atom stereocenters. The van der Waals surface area contributed by atoms with Gasteiger partial charge in [-0.15, -0.1) is 0 Å². The number of carbonyl (C=O) groups excluding carboxylic acids is 1. The third kappa shape index (κ3) is 3.17. The van der Waals surface area contributed by atoms with Gasteiger partial charge in [0.15, 0.2) is 5.82 Å². The number of hydrogen-bond donors (Lipinski definition) is 0. The van der Waals surface area contributed by atoms with E-state index < -0.39 is 0 Å². The van der Waals surface area contributed by atoms with Crippen molar-refractivity contribution in [1.82, 2.24) is 14.8 Å². The van der Waals surface area contributed by atoms with E-state index in [4.69, 9.17) is 9.47 Å². The van der Waals surface area contributed by atoms with Crippen LogP contribution in [0.25, 0.3) is 5.82 Å².